The van der Waals surface area contributed by atoms with Crippen LogP contribution in [0.5, 0.6) is 0 Å². The zero-order valence-electron chi connectivity index (χ0n) is 14.0. The van der Waals surface area contributed by atoms with E-state index in [0.717, 1.165) is 26.1 Å². The number of H-pyrrole nitrogens is 2. The highest BCUT2D eigenvalue weighted by molar-refractivity contribution is 5.73. The quantitative estimate of drug-likeness (QED) is 0.663. The Kier molecular flexibility index (Phi) is 4.47. The summed E-state index contributed by atoms with van der Waals surface area (Å²) < 4.78 is 0. The first-order valence-corrected chi connectivity index (χ1v) is 8.75. The number of nitrogens with zero attached hydrogens (tertiary/aromatic N) is 3. The summed E-state index contributed by atoms with van der Waals surface area (Å²) in [5.41, 5.74) is 1.67. The first-order valence-electron chi connectivity index (χ1n) is 8.75. The Labute approximate surface area is 145 Å². The lowest BCUT2D eigenvalue weighted by atomic mass is 10.0. The molecule has 1 fully saturated rings. The van der Waals surface area contributed by atoms with Gasteiger partial charge in [-0.05, 0) is 24.9 Å². The van der Waals surface area contributed by atoms with Crippen LogP contribution in [0.1, 0.15) is 24.8 Å². The molecule has 1 aliphatic heterocycles. The van der Waals surface area contributed by atoms with Gasteiger partial charge in [-0.3, -0.25) is 19.8 Å². The number of likely N-dealkylation sites (tertiary alicyclic amines) is 1. The summed E-state index contributed by atoms with van der Waals surface area (Å²) in [5, 5.41) is 10.4. The van der Waals surface area contributed by atoms with E-state index in [1.54, 1.807) is 0 Å². The first kappa shape index (κ1) is 15.8. The Hall–Kier alpha value is -2.67. The molecule has 4 rings (SSSR count). The Balaban J connectivity index is 1.44. The maximum Gasteiger partial charge on any atom is 0.263 e. The number of benzene rings is 1. The van der Waals surface area contributed by atoms with Crippen molar-refractivity contribution in [1.29, 1.82) is 0 Å². The minimum absolute atomic E-state index is 0.175. The highest BCUT2D eigenvalue weighted by atomic mass is 16.1. The molecule has 130 valence electrons. The molecule has 1 saturated heterocycles. The van der Waals surface area contributed by atoms with Crippen molar-refractivity contribution in [2.75, 3.05) is 18.4 Å². The van der Waals surface area contributed by atoms with E-state index in [9.17, 15) is 4.79 Å². The van der Waals surface area contributed by atoms with Crippen molar-refractivity contribution >= 4 is 17.0 Å². The van der Waals surface area contributed by atoms with Crippen molar-refractivity contribution in [3.63, 3.8) is 0 Å². The maximum absolute atomic E-state index is 12.0. The Bertz CT molecular complexity index is 887. The molecule has 0 aliphatic carbocycles. The molecule has 2 aromatic heterocycles. The average molecular weight is 338 g/mol. The van der Waals surface area contributed by atoms with E-state index in [0.29, 0.717) is 23.0 Å². The lowest BCUT2D eigenvalue weighted by Crippen LogP contribution is -2.43. The van der Waals surface area contributed by atoms with Crippen molar-refractivity contribution in [1.82, 2.24) is 25.1 Å². The molecular formula is C18H22N6O. The van der Waals surface area contributed by atoms with E-state index in [1.807, 2.05) is 6.07 Å². The van der Waals surface area contributed by atoms with Crippen LogP contribution >= 0.6 is 0 Å². The smallest absolute Gasteiger partial charge is 0.263 e. The number of hydrogen-bond acceptors (Lipinski definition) is 5. The van der Waals surface area contributed by atoms with Crippen LogP contribution in [0.25, 0.3) is 11.0 Å². The number of piperidine rings is 1. The zero-order chi connectivity index (χ0) is 17.1. The molecule has 0 bridgehead atoms. The minimum atomic E-state index is -0.175. The topological polar surface area (TPSA) is 89.7 Å². The van der Waals surface area contributed by atoms with Gasteiger partial charge in [0.25, 0.3) is 5.56 Å². The van der Waals surface area contributed by atoms with E-state index >= 15 is 0 Å². The third-order valence-corrected chi connectivity index (χ3v) is 4.80. The van der Waals surface area contributed by atoms with Gasteiger partial charge in [0.15, 0.2) is 5.65 Å². The molecule has 1 unspecified atom stereocenters. The number of anilines is 1. The van der Waals surface area contributed by atoms with Crippen LogP contribution in [0.4, 0.5) is 5.95 Å². The molecule has 3 N–H and O–H groups in total. The van der Waals surface area contributed by atoms with E-state index in [2.05, 4.69) is 54.6 Å². The average Bonchev–Trinajstić information content (AvgIpc) is 3.11. The van der Waals surface area contributed by atoms with Crippen molar-refractivity contribution in [2.45, 2.75) is 31.8 Å². The van der Waals surface area contributed by atoms with Gasteiger partial charge in [-0.25, -0.2) is 0 Å². The van der Waals surface area contributed by atoms with Gasteiger partial charge in [-0.2, -0.15) is 10.1 Å². The number of hydrogen-bond donors (Lipinski definition) is 3. The zero-order valence-corrected chi connectivity index (χ0v) is 14.0. The molecule has 0 saturated carbocycles. The monoisotopic (exact) mass is 338 g/mol. The first-order chi connectivity index (χ1) is 12.3. The largest absolute Gasteiger partial charge is 0.354 e. The molecule has 7 nitrogen and oxygen atoms in total. The third kappa shape index (κ3) is 3.56. The van der Waals surface area contributed by atoms with Gasteiger partial charge in [-0.1, -0.05) is 36.8 Å². The van der Waals surface area contributed by atoms with Crippen molar-refractivity contribution in [3.8, 4) is 0 Å². The summed E-state index contributed by atoms with van der Waals surface area (Å²) >= 11 is 0. The molecule has 0 radical (unpaired) electrons. The van der Waals surface area contributed by atoms with Crippen LogP contribution in [0.2, 0.25) is 0 Å². The number of aromatic amines is 2. The molecule has 1 aliphatic rings. The van der Waals surface area contributed by atoms with Crippen LogP contribution in [-0.2, 0) is 6.54 Å². The summed E-state index contributed by atoms with van der Waals surface area (Å²) in [6.07, 6.45) is 5.11. The van der Waals surface area contributed by atoms with Gasteiger partial charge in [0.2, 0.25) is 5.95 Å². The number of aromatic nitrogens is 4. The van der Waals surface area contributed by atoms with Crippen LogP contribution < -0.4 is 10.9 Å². The van der Waals surface area contributed by atoms with Crippen LogP contribution in [0.15, 0.2) is 41.3 Å². The second-order valence-electron chi connectivity index (χ2n) is 6.53. The molecule has 7 heteroatoms. The van der Waals surface area contributed by atoms with Crippen molar-refractivity contribution in [3.05, 3.63) is 52.4 Å². The fourth-order valence-corrected chi connectivity index (χ4v) is 3.46. The van der Waals surface area contributed by atoms with Gasteiger partial charge in [-0.15, -0.1) is 0 Å². The highest BCUT2D eigenvalue weighted by Crippen LogP contribution is 2.20. The fourth-order valence-electron chi connectivity index (χ4n) is 3.46. The summed E-state index contributed by atoms with van der Waals surface area (Å²) in [4.78, 5) is 21.7. The molecule has 25 heavy (non-hydrogen) atoms. The fraction of sp³-hybridized carbons (Fsp3) is 0.389. The molecular weight excluding hydrogens is 316 g/mol. The number of fused-ring (bicyclic) bond motifs is 1. The summed E-state index contributed by atoms with van der Waals surface area (Å²) in [7, 11) is 0. The lowest BCUT2D eigenvalue weighted by molar-refractivity contribution is 0.148. The van der Waals surface area contributed by atoms with E-state index < -0.39 is 0 Å². The van der Waals surface area contributed by atoms with Crippen LogP contribution in [-0.4, -0.2) is 44.2 Å². The second-order valence-corrected chi connectivity index (χ2v) is 6.53. The van der Waals surface area contributed by atoms with Gasteiger partial charge >= 0.3 is 0 Å². The summed E-state index contributed by atoms with van der Waals surface area (Å²) in [5.74, 6) is 0.493. The SMILES string of the molecule is O=c1[nH]c(NCC2CCCCN2Cc2ccccc2)nc2[nH]ncc12. The normalized spacial score (nSPS) is 18.5. The van der Waals surface area contributed by atoms with E-state index in [-0.39, 0.29) is 5.56 Å². The molecule has 1 aromatic carbocycles. The van der Waals surface area contributed by atoms with Gasteiger partial charge in [0.05, 0.1) is 6.20 Å². The maximum atomic E-state index is 12.0. The molecule has 3 aromatic rings. The molecule has 0 spiro atoms. The Morgan fingerprint density at radius 1 is 1.24 bits per heavy atom. The lowest BCUT2D eigenvalue weighted by Gasteiger charge is -2.36. The van der Waals surface area contributed by atoms with Gasteiger partial charge < -0.3 is 5.32 Å². The van der Waals surface area contributed by atoms with Gasteiger partial charge in [0.1, 0.15) is 5.39 Å². The Morgan fingerprint density at radius 2 is 2.12 bits per heavy atom. The predicted octanol–water partition coefficient (Wildman–Crippen LogP) is 2.11. The van der Waals surface area contributed by atoms with Crippen LogP contribution in [0.3, 0.4) is 0 Å². The summed E-state index contributed by atoms with van der Waals surface area (Å²) in [6.45, 7) is 2.82. The molecule has 1 atom stereocenters. The second kappa shape index (κ2) is 7.06. The van der Waals surface area contributed by atoms with E-state index in [4.69, 9.17) is 0 Å². The van der Waals surface area contributed by atoms with Crippen molar-refractivity contribution in [2.24, 2.45) is 0 Å². The third-order valence-electron chi connectivity index (χ3n) is 4.80. The van der Waals surface area contributed by atoms with Crippen LogP contribution in [0, 0.1) is 0 Å². The minimum Gasteiger partial charge on any atom is -0.354 e. The number of nitrogens with one attached hydrogen (secondary N) is 3. The van der Waals surface area contributed by atoms with E-state index in [1.165, 1.54) is 24.6 Å². The molecule has 0 amide bonds. The number of rotatable bonds is 5. The molecule has 3 heterocycles. The predicted molar refractivity (Wildman–Crippen MR) is 97.5 cm³/mol. The standard InChI is InChI=1S/C18H22N6O/c25-17-15-11-20-23-16(15)21-18(22-17)19-10-14-8-4-5-9-24(14)12-13-6-2-1-3-7-13/h1-3,6-7,11,14H,4-5,8-10,12H2,(H3,19,20,21,22,23,25). The highest BCUT2D eigenvalue weighted by Gasteiger charge is 2.22. The summed E-state index contributed by atoms with van der Waals surface area (Å²) in [6, 6.07) is 11.0. The van der Waals surface area contributed by atoms with Crippen molar-refractivity contribution < 1.29 is 0 Å². The van der Waals surface area contributed by atoms with Gasteiger partial charge in [0, 0.05) is 19.1 Å². The Morgan fingerprint density at radius 3 is 3.00 bits per heavy atom.